The molecular formula is C20H20N2OS. The molecule has 0 N–H and O–H groups in total. The van der Waals surface area contributed by atoms with Crippen LogP contribution in [0.15, 0.2) is 89.8 Å². The maximum atomic E-state index is 5.29. The number of methoxy groups -OCH3 is 1. The topological polar surface area (TPSA) is 15.2 Å². The van der Waals surface area contributed by atoms with Gasteiger partial charge in [-0.15, -0.1) is 0 Å². The molecule has 0 aliphatic carbocycles. The summed E-state index contributed by atoms with van der Waals surface area (Å²) in [5, 5.41) is 0. The summed E-state index contributed by atoms with van der Waals surface area (Å²) in [5.74, 6) is 0.878. The minimum absolute atomic E-state index is 0.878. The third-order valence-corrected chi connectivity index (χ3v) is 7.39. The zero-order chi connectivity index (χ0) is 16.6. The molecule has 0 bridgehead atoms. The molecule has 1 aliphatic heterocycles. The molecule has 3 nitrogen and oxygen atoms in total. The molecule has 4 heteroatoms. The quantitative estimate of drug-likeness (QED) is 0.604. The van der Waals surface area contributed by atoms with E-state index in [4.69, 9.17) is 4.74 Å². The first-order valence-electron chi connectivity index (χ1n) is 7.88. The van der Waals surface area contributed by atoms with Crippen LogP contribution in [0.2, 0.25) is 0 Å². The van der Waals surface area contributed by atoms with Gasteiger partial charge in [0.1, 0.15) is 5.75 Å². The number of para-hydroxylation sites is 1. The monoisotopic (exact) mass is 336 g/mol. The fourth-order valence-corrected chi connectivity index (χ4v) is 6.08. The number of nitrogens with zero attached hydrogens (tertiary/aromatic N) is 2. The van der Waals surface area contributed by atoms with Gasteiger partial charge in [0, 0.05) is 11.2 Å². The molecule has 0 amide bonds. The third kappa shape index (κ3) is 2.31. The summed E-state index contributed by atoms with van der Waals surface area (Å²) in [6.45, 7) is 0. The molecule has 0 saturated carbocycles. The highest BCUT2D eigenvalue weighted by atomic mass is 32.3. The second-order valence-electron chi connectivity index (χ2n) is 5.73. The second-order valence-corrected chi connectivity index (χ2v) is 8.56. The molecule has 1 saturated heterocycles. The van der Waals surface area contributed by atoms with Crippen molar-refractivity contribution in [1.29, 1.82) is 0 Å². The smallest absolute Gasteiger partial charge is 0.119 e. The van der Waals surface area contributed by atoms with E-state index in [1.54, 1.807) is 7.11 Å². The lowest BCUT2D eigenvalue weighted by Gasteiger charge is -2.14. The Morgan fingerprint density at radius 3 is 1.71 bits per heavy atom. The van der Waals surface area contributed by atoms with E-state index in [2.05, 4.69) is 87.9 Å². The molecule has 24 heavy (non-hydrogen) atoms. The lowest BCUT2D eigenvalue weighted by molar-refractivity contribution is 0.415. The SMILES string of the molecule is COc1ccc(N2N(c3ccccc3)S2(C)c2ccccc2)cc1. The van der Waals surface area contributed by atoms with Crippen LogP contribution in [-0.2, 0) is 0 Å². The Kier molecular flexibility index (Phi) is 3.62. The van der Waals surface area contributed by atoms with Crippen LogP contribution in [0, 0.1) is 0 Å². The molecule has 3 aromatic rings. The van der Waals surface area contributed by atoms with Gasteiger partial charge in [-0.25, -0.2) is 8.83 Å². The van der Waals surface area contributed by atoms with Crippen molar-refractivity contribution in [2.75, 3.05) is 22.2 Å². The van der Waals surface area contributed by atoms with Crippen molar-refractivity contribution >= 4 is 21.8 Å². The summed E-state index contributed by atoms with van der Waals surface area (Å²) < 4.78 is 10.1. The van der Waals surface area contributed by atoms with Crippen molar-refractivity contribution in [3.8, 4) is 5.75 Å². The molecule has 1 unspecified atom stereocenters. The molecule has 1 aliphatic rings. The number of rotatable bonds is 4. The average molecular weight is 336 g/mol. The van der Waals surface area contributed by atoms with Crippen molar-refractivity contribution in [3.63, 3.8) is 0 Å². The van der Waals surface area contributed by atoms with Crippen LogP contribution < -0.4 is 13.6 Å². The Bertz CT molecular complexity index is 823. The van der Waals surface area contributed by atoms with Gasteiger partial charge >= 0.3 is 0 Å². The maximum Gasteiger partial charge on any atom is 0.119 e. The van der Waals surface area contributed by atoms with Crippen LogP contribution in [0.4, 0.5) is 11.4 Å². The Labute approximate surface area is 144 Å². The predicted molar refractivity (Wildman–Crippen MR) is 103 cm³/mol. The number of hydrazine groups is 1. The third-order valence-electron chi connectivity index (χ3n) is 4.27. The van der Waals surface area contributed by atoms with Crippen LogP contribution in [0.3, 0.4) is 0 Å². The fourth-order valence-electron chi connectivity index (χ4n) is 2.99. The molecule has 1 fully saturated rings. The zero-order valence-corrected chi connectivity index (χ0v) is 14.6. The van der Waals surface area contributed by atoms with Gasteiger partial charge in [-0.1, -0.05) is 36.4 Å². The van der Waals surface area contributed by atoms with Gasteiger partial charge in [0.2, 0.25) is 0 Å². The highest BCUT2D eigenvalue weighted by molar-refractivity contribution is 8.41. The standard InChI is InChI=1S/C20H20N2OS/c1-23-19-15-13-18(14-16-19)22-21(17-9-5-3-6-10-17)24(22,2)20-11-7-4-8-12-20/h3-16H,1-2H3. The summed E-state index contributed by atoms with van der Waals surface area (Å²) in [4.78, 5) is 1.35. The van der Waals surface area contributed by atoms with Crippen LogP contribution >= 0.6 is 10.4 Å². The van der Waals surface area contributed by atoms with Gasteiger partial charge in [0.25, 0.3) is 0 Å². The van der Waals surface area contributed by atoms with E-state index in [0.29, 0.717) is 0 Å². The van der Waals surface area contributed by atoms with Gasteiger partial charge in [0.15, 0.2) is 0 Å². The number of benzene rings is 3. The summed E-state index contributed by atoms with van der Waals surface area (Å²) in [6, 6.07) is 29.6. The van der Waals surface area contributed by atoms with Gasteiger partial charge in [-0.05, 0) is 58.9 Å². The van der Waals surface area contributed by atoms with Crippen LogP contribution in [0.25, 0.3) is 0 Å². The first kappa shape index (κ1) is 15.0. The minimum atomic E-state index is -1.23. The average Bonchev–Trinajstić information content (AvgIpc) is 3.30. The van der Waals surface area contributed by atoms with E-state index in [1.807, 2.05) is 12.1 Å². The van der Waals surface area contributed by atoms with E-state index >= 15 is 0 Å². The van der Waals surface area contributed by atoms with Crippen molar-refractivity contribution in [3.05, 3.63) is 84.9 Å². The molecule has 0 spiro atoms. The lowest BCUT2D eigenvalue weighted by Crippen LogP contribution is -2.03. The van der Waals surface area contributed by atoms with E-state index in [9.17, 15) is 0 Å². The Balaban J connectivity index is 1.78. The molecule has 0 radical (unpaired) electrons. The van der Waals surface area contributed by atoms with Crippen LogP contribution in [0.1, 0.15) is 0 Å². The molecule has 4 rings (SSSR count). The second kappa shape index (κ2) is 5.80. The Hall–Kier alpha value is -2.59. The Morgan fingerprint density at radius 1 is 0.667 bits per heavy atom. The van der Waals surface area contributed by atoms with Gasteiger partial charge in [-0.3, -0.25) is 0 Å². The van der Waals surface area contributed by atoms with Gasteiger partial charge in [0.05, 0.1) is 18.5 Å². The van der Waals surface area contributed by atoms with E-state index in [0.717, 1.165) is 5.75 Å². The molecule has 0 aromatic heterocycles. The van der Waals surface area contributed by atoms with E-state index < -0.39 is 10.4 Å². The van der Waals surface area contributed by atoms with Crippen LogP contribution in [-0.4, -0.2) is 13.4 Å². The molecule has 3 aromatic carbocycles. The first-order valence-corrected chi connectivity index (χ1v) is 9.83. The summed E-state index contributed by atoms with van der Waals surface area (Å²) in [7, 11) is 0.462. The van der Waals surface area contributed by atoms with Crippen molar-refractivity contribution in [2.24, 2.45) is 0 Å². The lowest BCUT2D eigenvalue weighted by atomic mass is 10.3. The molecule has 122 valence electrons. The van der Waals surface area contributed by atoms with Crippen molar-refractivity contribution in [2.45, 2.75) is 4.90 Å². The summed E-state index contributed by atoms with van der Waals surface area (Å²) in [6.07, 6.45) is 2.33. The van der Waals surface area contributed by atoms with Gasteiger partial charge in [-0.2, -0.15) is 0 Å². The maximum absolute atomic E-state index is 5.29. The van der Waals surface area contributed by atoms with E-state index in [-0.39, 0.29) is 0 Å². The summed E-state index contributed by atoms with van der Waals surface area (Å²) >= 11 is 0. The van der Waals surface area contributed by atoms with Crippen LogP contribution in [0.5, 0.6) is 5.75 Å². The normalized spacial score (nSPS) is 21.9. The summed E-state index contributed by atoms with van der Waals surface area (Å²) in [5.41, 5.74) is 2.40. The highest BCUT2D eigenvalue weighted by Gasteiger charge is 2.54. The van der Waals surface area contributed by atoms with Crippen molar-refractivity contribution < 1.29 is 4.74 Å². The van der Waals surface area contributed by atoms with Crippen molar-refractivity contribution in [1.82, 2.24) is 0 Å². The molecule has 1 heterocycles. The first-order chi connectivity index (χ1) is 11.7. The van der Waals surface area contributed by atoms with E-state index in [1.165, 1.54) is 16.3 Å². The minimum Gasteiger partial charge on any atom is -0.497 e. The molecular weight excluding hydrogens is 316 g/mol. The highest BCUT2D eigenvalue weighted by Crippen LogP contribution is 2.75. The Morgan fingerprint density at radius 2 is 1.17 bits per heavy atom. The number of anilines is 2. The fraction of sp³-hybridized carbons (Fsp3) is 0.100. The predicted octanol–water partition coefficient (Wildman–Crippen LogP) is 5.26. The molecule has 1 atom stereocenters. The van der Waals surface area contributed by atoms with Gasteiger partial charge < -0.3 is 4.74 Å². The number of ether oxygens (including phenoxy) is 1. The zero-order valence-electron chi connectivity index (χ0n) is 13.8. The largest absolute Gasteiger partial charge is 0.497 e. The number of hydrogen-bond acceptors (Lipinski definition) is 3. The number of hydrogen-bond donors (Lipinski definition) is 0.